The fourth-order valence-corrected chi connectivity index (χ4v) is 5.34. The van der Waals surface area contributed by atoms with E-state index in [4.69, 9.17) is 9.47 Å². The number of alkyl halides is 2. The average Bonchev–Trinajstić information content (AvgIpc) is 3.77. The number of benzene rings is 2. The summed E-state index contributed by atoms with van der Waals surface area (Å²) >= 11 is 0. The van der Waals surface area contributed by atoms with Crippen LogP contribution in [0.25, 0.3) is 0 Å². The highest BCUT2D eigenvalue weighted by Gasteiger charge is 2.39. The van der Waals surface area contributed by atoms with Gasteiger partial charge >= 0.3 is 6.61 Å². The van der Waals surface area contributed by atoms with Crippen LogP contribution in [-0.4, -0.2) is 67.6 Å². The highest BCUT2D eigenvalue weighted by molar-refractivity contribution is 6.04. The molecule has 1 unspecified atom stereocenters. The van der Waals surface area contributed by atoms with Crippen LogP contribution in [0.1, 0.15) is 53.8 Å². The summed E-state index contributed by atoms with van der Waals surface area (Å²) in [7, 11) is 3.21. The van der Waals surface area contributed by atoms with Crippen molar-refractivity contribution in [1.82, 2.24) is 15.2 Å². The molecule has 1 aliphatic carbocycles. The number of halogens is 2. The number of anilines is 1. The Morgan fingerprint density at radius 2 is 1.82 bits per heavy atom. The number of nitrogens with zero attached hydrogens (tertiary/aromatic N) is 3. The molecule has 2 aliphatic rings. The summed E-state index contributed by atoms with van der Waals surface area (Å²) in [5, 5.41) is 2.86. The molecule has 5 rings (SSSR count). The minimum absolute atomic E-state index is 0.0477. The minimum Gasteiger partial charge on any atom is -0.497 e. The van der Waals surface area contributed by atoms with Crippen molar-refractivity contribution in [3.8, 4) is 17.2 Å². The number of nitrogens with one attached hydrogen (secondary N) is 1. The molecule has 10 nitrogen and oxygen atoms in total. The Morgan fingerprint density at radius 1 is 1.07 bits per heavy atom. The maximum Gasteiger partial charge on any atom is 0.387 e. The van der Waals surface area contributed by atoms with E-state index in [-0.39, 0.29) is 53.9 Å². The minimum atomic E-state index is -2.99. The van der Waals surface area contributed by atoms with Crippen LogP contribution in [0.3, 0.4) is 0 Å². The molecule has 2 heterocycles. The zero-order valence-corrected chi connectivity index (χ0v) is 25.4. The molecule has 2 atom stereocenters. The Labute approximate surface area is 260 Å². The highest BCUT2D eigenvalue weighted by Crippen LogP contribution is 2.39. The second-order valence-corrected chi connectivity index (χ2v) is 11.3. The molecule has 1 aromatic heterocycles. The number of aromatic nitrogens is 1. The van der Waals surface area contributed by atoms with Gasteiger partial charge in [-0.05, 0) is 79.3 Å². The number of carbonyl (C=O) groups is 3. The third-order valence-electron chi connectivity index (χ3n) is 8.07. The quantitative estimate of drug-likeness (QED) is 0.310. The summed E-state index contributed by atoms with van der Waals surface area (Å²) in [6.45, 7) is -0.837. The van der Waals surface area contributed by atoms with E-state index in [0.717, 1.165) is 18.4 Å². The van der Waals surface area contributed by atoms with Crippen molar-refractivity contribution in [2.24, 2.45) is 5.92 Å². The van der Waals surface area contributed by atoms with Gasteiger partial charge < -0.3 is 29.3 Å². The molecule has 1 saturated heterocycles. The number of pyridine rings is 1. The third-order valence-corrected chi connectivity index (χ3v) is 8.07. The Bertz CT molecular complexity index is 1530. The zero-order chi connectivity index (χ0) is 32.1. The number of likely N-dealkylation sites (tertiary alicyclic amines) is 1. The van der Waals surface area contributed by atoms with Crippen molar-refractivity contribution in [3.05, 3.63) is 77.6 Å². The number of amides is 3. The van der Waals surface area contributed by atoms with E-state index in [9.17, 15) is 23.2 Å². The van der Waals surface area contributed by atoms with Gasteiger partial charge in [-0.3, -0.25) is 14.4 Å². The van der Waals surface area contributed by atoms with Gasteiger partial charge in [0.25, 0.3) is 5.91 Å². The smallest absolute Gasteiger partial charge is 0.387 e. The molecular formula is C33H36F2N4O6. The summed E-state index contributed by atoms with van der Waals surface area (Å²) in [5.41, 5.74) is 2.12. The molecule has 1 aliphatic heterocycles. The lowest BCUT2D eigenvalue weighted by Crippen LogP contribution is -2.45. The van der Waals surface area contributed by atoms with Gasteiger partial charge in [-0.15, -0.1) is 0 Å². The first-order valence-corrected chi connectivity index (χ1v) is 14.8. The van der Waals surface area contributed by atoms with Crippen molar-refractivity contribution < 1.29 is 37.4 Å². The second-order valence-electron chi connectivity index (χ2n) is 11.3. The maximum absolute atomic E-state index is 13.4. The number of hydrogen-bond acceptors (Lipinski definition) is 7. The zero-order valence-electron chi connectivity index (χ0n) is 25.4. The summed E-state index contributed by atoms with van der Waals surface area (Å²) < 4.78 is 41.6. The molecular weight excluding hydrogens is 586 g/mol. The van der Waals surface area contributed by atoms with Crippen LogP contribution in [0.15, 0.2) is 60.7 Å². The number of rotatable bonds is 12. The third kappa shape index (κ3) is 7.86. The monoisotopic (exact) mass is 622 g/mol. The lowest BCUT2D eigenvalue weighted by atomic mass is 9.95. The molecule has 12 heteroatoms. The van der Waals surface area contributed by atoms with Crippen molar-refractivity contribution in [2.45, 2.75) is 51.3 Å². The summed E-state index contributed by atoms with van der Waals surface area (Å²) in [4.78, 5) is 46.4. The van der Waals surface area contributed by atoms with Crippen molar-refractivity contribution >= 4 is 23.4 Å². The number of hydrogen-bond donors (Lipinski definition) is 1. The lowest BCUT2D eigenvalue weighted by molar-refractivity contribution is -0.136. The molecule has 3 amide bonds. The first-order chi connectivity index (χ1) is 21.6. The predicted octanol–water partition coefficient (Wildman–Crippen LogP) is 4.78. The molecule has 3 aromatic rings. The van der Waals surface area contributed by atoms with Gasteiger partial charge in [-0.2, -0.15) is 8.78 Å². The van der Waals surface area contributed by atoms with Gasteiger partial charge in [0, 0.05) is 32.1 Å². The molecule has 0 bridgehead atoms. The lowest BCUT2D eigenvalue weighted by Gasteiger charge is -2.22. The average molecular weight is 623 g/mol. The summed E-state index contributed by atoms with van der Waals surface area (Å²) in [6.07, 6.45) is 2.41. The maximum atomic E-state index is 13.4. The Morgan fingerprint density at radius 3 is 2.49 bits per heavy atom. The number of methoxy groups -OCH3 is 1. The first-order valence-electron chi connectivity index (χ1n) is 14.8. The van der Waals surface area contributed by atoms with E-state index in [2.05, 4.69) is 15.0 Å². The molecule has 1 N–H and O–H groups in total. The van der Waals surface area contributed by atoms with Crippen molar-refractivity contribution in [1.29, 1.82) is 0 Å². The van der Waals surface area contributed by atoms with Gasteiger partial charge in [-0.25, -0.2) is 4.98 Å². The summed E-state index contributed by atoms with van der Waals surface area (Å²) in [5.74, 6) is 0.100. The van der Waals surface area contributed by atoms with E-state index in [1.807, 2.05) is 0 Å². The molecule has 0 spiro atoms. The Balaban J connectivity index is 1.24. The van der Waals surface area contributed by atoms with Crippen LogP contribution in [0.4, 0.5) is 14.5 Å². The van der Waals surface area contributed by atoms with Crippen LogP contribution in [0.5, 0.6) is 17.2 Å². The molecule has 45 heavy (non-hydrogen) atoms. The first kappa shape index (κ1) is 31.7. The number of carbonyl (C=O) groups excluding carboxylic acids is 3. The fraction of sp³-hybridized carbons (Fsp3) is 0.394. The standard InChI is InChI=1S/C33H36F2N4O6/c1-20(40)39-18-23(22-9-14-29(45-33(34)35)30(16-22)44-19-21-7-8-21)15-28(39)31(41)36-17-24-5-4-6-27(37-24)32(42)38(2)25-10-12-26(43-3)13-11-25/h4-6,9-14,16,21,23,28,33H,7-8,15,17-19H2,1-3H3,(H,36,41)/t23?,28-/m1/s1. The second kappa shape index (κ2) is 13.9. The van der Waals surface area contributed by atoms with Crippen LogP contribution in [0, 0.1) is 5.92 Å². The largest absolute Gasteiger partial charge is 0.497 e. The van der Waals surface area contributed by atoms with Crippen LogP contribution >= 0.6 is 0 Å². The Kier molecular flexibility index (Phi) is 9.80. The van der Waals surface area contributed by atoms with Gasteiger partial charge in [0.15, 0.2) is 11.5 Å². The predicted molar refractivity (Wildman–Crippen MR) is 162 cm³/mol. The van der Waals surface area contributed by atoms with Gasteiger partial charge in [0.2, 0.25) is 11.8 Å². The van der Waals surface area contributed by atoms with Crippen molar-refractivity contribution in [2.75, 3.05) is 32.2 Å². The van der Waals surface area contributed by atoms with Gasteiger partial charge in [-0.1, -0.05) is 12.1 Å². The number of ether oxygens (including phenoxy) is 3. The van der Waals surface area contributed by atoms with Crippen LogP contribution < -0.4 is 24.4 Å². The SMILES string of the molecule is COc1ccc(N(C)C(=O)c2cccc(CNC(=O)[C@H]3CC(c4ccc(OC(F)F)c(OCC5CC5)c4)CN3C(C)=O)n2)cc1. The van der Waals surface area contributed by atoms with Crippen LogP contribution in [-0.2, 0) is 16.1 Å². The van der Waals surface area contributed by atoms with Gasteiger partial charge in [0.05, 0.1) is 26.0 Å². The van der Waals surface area contributed by atoms with Crippen LogP contribution in [0.2, 0.25) is 0 Å². The highest BCUT2D eigenvalue weighted by atomic mass is 19.3. The molecule has 2 aromatic carbocycles. The molecule has 1 saturated carbocycles. The molecule has 238 valence electrons. The van der Waals surface area contributed by atoms with E-state index >= 15 is 0 Å². The van der Waals surface area contributed by atoms with E-state index in [1.54, 1.807) is 68.8 Å². The van der Waals surface area contributed by atoms with Gasteiger partial charge in [0.1, 0.15) is 17.5 Å². The summed E-state index contributed by atoms with van der Waals surface area (Å²) in [6, 6.07) is 16.1. The fourth-order valence-electron chi connectivity index (χ4n) is 5.34. The Hall–Kier alpha value is -4.74. The topological polar surface area (TPSA) is 110 Å². The van der Waals surface area contributed by atoms with Crippen molar-refractivity contribution in [3.63, 3.8) is 0 Å². The normalized spacial score (nSPS) is 17.6. The van der Waals surface area contributed by atoms with E-state index < -0.39 is 12.7 Å². The molecule has 0 radical (unpaired) electrons. The van der Waals surface area contributed by atoms with E-state index in [1.165, 1.54) is 22.8 Å². The molecule has 2 fully saturated rings. The van der Waals surface area contributed by atoms with E-state index in [0.29, 0.717) is 36.1 Å².